The Hall–Kier alpha value is -1.06. The molecule has 4 nitrogen and oxygen atoms in total. The maximum Gasteiger partial charge on any atom is 0.311 e. The van der Waals surface area contributed by atoms with E-state index in [-0.39, 0.29) is 11.9 Å². The van der Waals surface area contributed by atoms with Crippen LogP contribution in [0.3, 0.4) is 0 Å². The number of hydrogen-bond acceptors (Lipinski definition) is 4. The smallest absolute Gasteiger partial charge is 0.311 e. The molecule has 0 unspecified atom stereocenters. The standard InChI is InChI=1S/C11H20O4/c1-9(12)14-7-5-6-8-15-10(13)11(2,3)4/h5-8H2,1-4H3. The summed E-state index contributed by atoms with van der Waals surface area (Å²) in [5, 5.41) is 0. The van der Waals surface area contributed by atoms with Crippen LogP contribution < -0.4 is 0 Å². The van der Waals surface area contributed by atoms with Gasteiger partial charge in [0.05, 0.1) is 18.6 Å². The maximum absolute atomic E-state index is 11.3. The van der Waals surface area contributed by atoms with E-state index in [4.69, 9.17) is 9.47 Å². The molecular formula is C11H20O4. The topological polar surface area (TPSA) is 52.6 Å². The van der Waals surface area contributed by atoms with E-state index >= 15 is 0 Å². The van der Waals surface area contributed by atoms with E-state index in [1.165, 1.54) is 6.92 Å². The summed E-state index contributed by atoms with van der Waals surface area (Å²) >= 11 is 0. The van der Waals surface area contributed by atoms with Crippen molar-refractivity contribution in [3.63, 3.8) is 0 Å². The van der Waals surface area contributed by atoms with Crippen LogP contribution in [0.2, 0.25) is 0 Å². The summed E-state index contributed by atoms with van der Waals surface area (Å²) in [5.74, 6) is -0.475. The quantitative estimate of drug-likeness (QED) is 0.520. The molecule has 0 rings (SSSR count). The minimum atomic E-state index is -0.449. The largest absolute Gasteiger partial charge is 0.466 e. The molecule has 0 spiro atoms. The zero-order chi connectivity index (χ0) is 11.9. The fraction of sp³-hybridized carbons (Fsp3) is 0.818. The van der Waals surface area contributed by atoms with Gasteiger partial charge < -0.3 is 9.47 Å². The highest BCUT2D eigenvalue weighted by atomic mass is 16.5. The van der Waals surface area contributed by atoms with Crippen LogP contribution >= 0.6 is 0 Å². The van der Waals surface area contributed by atoms with Crippen LogP contribution in [0.4, 0.5) is 0 Å². The normalized spacial score (nSPS) is 10.9. The van der Waals surface area contributed by atoms with Crippen molar-refractivity contribution in [1.82, 2.24) is 0 Å². The fourth-order valence-electron chi connectivity index (χ4n) is 0.801. The van der Waals surface area contributed by atoms with Crippen LogP contribution in [0, 0.1) is 5.41 Å². The van der Waals surface area contributed by atoms with Crippen molar-refractivity contribution in [2.75, 3.05) is 13.2 Å². The zero-order valence-electron chi connectivity index (χ0n) is 9.96. The van der Waals surface area contributed by atoms with Crippen molar-refractivity contribution >= 4 is 11.9 Å². The molecule has 88 valence electrons. The Morgan fingerprint density at radius 3 is 1.87 bits per heavy atom. The van der Waals surface area contributed by atoms with Gasteiger partial charge in [0.2, 0.25) is 0 Å². The van der Waals surface area contributed by atoms with Crippen molar-refractivity contribution in [2.45, 2.75) is 40.5 Å². The molecule has 0 saturated carbocycles. The lowest BCUT2D eigenvalue weighted by atomic mass is 9.97. The van der Waals surface area contributed by atoms with E-state index in [2.05, 4.69) is 0 Å². The van der Waals surface area contributed by atoms with Gasteiger partial charge in [-0.05, 0) is 33.6 Å². The van der Waals surface area contributed by atoms with Crippen LogP contribution in [-0.2, 0) is 19.1 Å². The second kappa shape index (κ2) is 6.43. The molecule has 0 saturated heterocycles. The molecule has 0 bridgehead atoms. The minimum absolute atomic E-state index is 0.199. The molecule has 0 atom stereocenters. The van der Waals surface area contributed by atoms with E-state index in [1.807, 2.05) is 20.8 Å². The summed E-state index contributed by atoms with van der Waals surface area (Å²) in [6, 6.07) is 0. The Kier molecular flexibility index (Phi) is 5.97. The number of carbonyl (C=O) groups is 2. The summed E-state index contributed by atoms with van der Waals surface area (Å²) in [6.45, 7) is 7.59. The van der Waals surface area contributed by atoms with Gasteiger partial charge in [0.25, 0.3) is 0 Å². The molecule has 0 aromatic carbocycles. The van der Waals surface area contributed by atoms with E-state index in [0.29, 0.717) is 13.2 Å². The highest BCUT2D eigenvalue weighted by Crippen LogP contribution is 2.15. The average Bonchev–Trinajstić information content (AvgIpc) is 2.08. The van der Waals surface area contributed by atoms with E-state index < -0.39 is 5.41 Å². The first-order valence-corrected chi connectivity index (χ1v) is 5.14. The molecule has 0 heterocycles. The van der Waals surface area contributed by atoms with Gasteiger partial charge >= 0.3 is 11.9 Å². The van der Waals surface area contributed by atoms with E-state index in [1.54, 1.807) is 0 Å². The fourth-order valence-corrected chi connectivity index (χ4v) is 0.801. The van der Waals surface area contributed by atoms with Crippen molar-refractivity contribution in [3.8, 4) is 0 Å². The van der Waals surface area contributed by atoms with Gasteiger partial charge in [0.15, 0.2) is 0 Å². The predicted octanol–water partition coefficient (Wildman–Crippen LogP) is 1.92. The third-order valence-corrected chi connectivity index (χ3v) is 1.69. The molecule has 0 radical (unpaired) electrons. The van der Waals surface area contributed by atoms with E-state index in [0.717, 1.165) is 12.8 Å². The summed E-state index contributed by atoms with van der Waals surface area (Å²) in [6.07, 6.45) is 1.44. The molecule has 0 amide bonds. The Morgan fingerprint density at radius 2 is 1.47 bits per heavy atom. The van der Waals surface area contributed by atoms with Gasteiger partial charge in [-0.2, -0.15) is 0 Å². The van der Waals surface area contributed by atoms with Gasteiger partial charge in [-0.15, -0.1) is 0 Å². The second-order valence-electron chi connectivity index (χ2n) is 4.43. The van der Waals surface area contributed by atoms with Crippen molar-refractivity contribution in [2.24, 2.45) is 5.41 Å². The summed E-state index contributed by atoms with van der Waals surface area (Å²) in [4.78, 5) is 21.7. The molecule has 0 fully saturated rings. The Balaban J connectivity index is 3.40. The lowest BCUT2D eigenvalue weighted by molar-refractivity contribution is -0.153. The monoisotopic (exact) mass is 216 g/mol. The molecule has 15 heavy (non-hydrogen) atoms. The Labute approximate surface area is 90.9 Å². The molecule has 0 aromatic rings. The highest BCUT2D eigenvalue weighted by molar-refractivity contribution is 5.75. The summed E-state index contributed by atoms with van der Waals surface area (Å²) < 4.78 is 9.77. The maximum atomic E-state index is 11.3. The van der Waals surface area contributed by atoms with Crippen LogP contribution in [0.15, 0.2) is 0 Å². The number of unbranched alkanes of at least 4 members (excludes halogenated alkanes) is 1. The number of rotatable bonds is 5. The first kappa shape index (κ1) is 13.9. The van der Waals surface area contributed by atoms with Gasteiger partial charge in [0.1, 0.15) is 0 Å². The van der Waals surface area contributed by atoms with Gasteiger partial charge in [-0.1, -0.05) is 0 Å². The SMILES string of the molecule is CC(=O)OCCCCOC(=O)C(C)(C)C. The van der Waals surface area contributed by atoms with Crippen molar-refractivity contribution in [3.05, 3.63) is 0 Å². The Bertz CT molecular complexity index is 215. The average molecular weight is 216 g/mol. The van der Waals surface area contributed by atoms with Crippen LogP contribution in [0.25, 0.3) is 0 Å². The van der Waals surface area contributed by atoms with Crippen molar-refractivity contribution < 1.29 is 19.1 Å². The third-order valence-electron chi connectivity index (χ3n) is 1.69. The van der Waals surface area contributed by atoms with E-state index in [9.17, 15) is 9.59 Å². The van der Waals surface area contributed by atoms with Crippen LogP contribution in [0.5, 0.6) is 0 Å². The lowest BCUT2D eigenvalue weighted by Crippen LogP contribution is -2.23. The third kappa shape index (κ3) is 7.97. The van der Waals surface area contributed by atoms with Crippen LogP contribution in [0.1, 0.15) is 40.5 Å². The number of ether oxygens (including phenoxy) is 2. The first-order valence-electron chi connectivity index (χ1n) is 5.14. The lowest BCUT2D eigenvalue weighted by Gasteiger charge is -2.16. The first-order chi connectivity index (χ1) is 6.84. The molecule has 0 aliphatic rings. The summed E-state index contributed by atoms with van der Waals surface area (Å²) in [5.41, 5.74) is -0.449. The number of esters is 2. The molecule has 0 aliphatic carbocycles. The number of hydrogen-bond donors (Lipinski definition) is 0. The highest BCUT2D eigenvalue weighted by Gasteiger charge is 2.22. The molecule has 4 heteroatoms. The van der Waals surface area contributed by atoms with Gasteiger partial charge in [0, 0.05) is 6.92 Å². The van der Waals surface area contributed by atoms with Crippen LogP contribution in [-0.4, -0.2) is 25.2 Å². The zero-order valence-corrected chi connectivity index (χ0v) is 9.96. The Morgan fingerprint density at radius 1 is 1.00 bits per heavy atom. The second-order valence-corrected chi connectivity index (χ2v) is 4.43. The minimum Gasteiger partial charge on any atom is -0.466 e. The molecular weight excluding hydrogens is 196 g/mol. The molecule has 0 aromatic heterocycles. The molecule has 0 aliphatic heterocycles. The predicted molar refractivity (Wildman–Crippen MR) is 56.3 cm³/mol. The molecule has 0 N–H and O–H groups in total. The van der Waals surface area contributed by atoms with Gasteiger partial charge in [-0.3, -0.25) is 9.59 Å². The number of carbonyl (C=O) groups excluding carboxylic acids is 2. The van der Waals surface area contributed by atoms with Crippen molar-refractivity contribution in [1.29, 1.82) is 0 Å². The summed E-state index contributed by atoms with van der Waals surface area (Å²) in [7, 11) is 0. The van der Waals surface area contributed by atoms with Gasteiger partial charge in [-0.25, -0.2) is 0 Å².